The van der Waals surface area contributed by atoms with Crippen LogP contribution in [0, 0.1) is 5.92 Å². The highest BCUT2D eigenvalue weighted by Gasteiger charge is 2.19. The molecule has 2 heterocycles. The highest BCUT2D eigenvalue weighted by Crippen LogP contribution is 2.24. The van der Waals surface area contributed by atoms with Crippen molar-refractivity contribution >= 4 is 22.4 Å². The number of fused-ring (bicyclic) bond motifs is 1. The molecule has 1 aliphatic rings. The molecule has 1 saturated heterocycles. The first-order chi connectivity index (χ1) is 14.5. The lowest BCUT2D eigenvalue weighted by Gasteiger charge is -2.29. The van der Waals surface area contributed by atoms with Crippen LogP contribution >= 0.6 is 0 Å². The minimum absolute atomic E-state index is 0.0126. The molecule has 1 aliphatic heterocycles. The molecule has 1 N–H and O–H groups in total. The number of aromatic nitrogens is 1. The van der Waals surface area contributed by atoms with E-state index in [9.17, 15) is 9.59 Å². The number of rotatable bonds is 5. The zero-order valence-corrected chi connectivity index (χ0v) is 17.7. The molecule has 0 aliphatic carbocycles. The maximum atomic E-state index is 13.1. The molecule has 1 aromatic heterocycles. The Balaban J connectivity index is 1.56. The topological polar surface area (TPSA) is 54.3 Å². The fourth-order valence-corrected chi connectivity index (χ4v) is 4.23. The van der Waals surface area contributed by atoms with Crippen molar-refractivity contribution in [1.29, 1.82) is 0 Å². The van der Waals surface area contributed by atoms with Gasteiger partial charge < -0.3 is 14.8 Å². The van der Waals surface area contributed by atoms with E-state index in [1.165, 1.54) is 0 Å². The summed E-state index contributed by atoms with van der Waals surface area (Å²) in [4.78, 5) is 28.2. The summed E-state index contributed by atoms with van der Waals surface area (Å²) in [5.41, 5.74) is 1.66. The summed E-state index contributed by atoms with van der Waals surface area (Å²) in [6, 6.07) is 17.2. The Bertz CT molecular complexity index is 1080. The Morgan fingerprint density at radius 2 is 1.77 bits per heavy atom. The number of carbonyl (C=O) groups is 1. The van der Waals surface area contributed by atoms with Gasteiger partial charge in [-0.3, -0.25) is 9.59 Å². The van der Waals surface area contributed by atoms with Gasteiger partial charge >= 0.3 is 0 Å². The Kier molecular flexibility index (Phi) is 6.00. The Hall–Kier alpha value is -2.92. The minimum Gasteiger partial charge on any atom is -0.325 e. The van der Waals surface area contributed by atoms with Crippen molar-refractivity contribution in [2.75, 3.05) is 25.5 Å². The third kappa shape index (κ3) is 4.31. The van der Waals surface area contributed by atoms with Gasteiger partial charge in [0.2, 0.25) is 5.91 Å². The van der Waals surface area contributed by atoms with Gasteiger partial charge in [-0.05, 0) is 69.6 Å². The molecule has 4 rings (SSSR count). The summed E-state index contributed by atoms with van der Waals surface area (Å²) in [5, 5.41) is 4.46. The molecule has 0 spiro atoms. The Labute approximate surface area is 177 Å². The Morgan fingerprint density at radius 1 is 1.03 bits per heavy atom. The molecule has 1 fully saturated rings. The lowest BCUT2D eigenvalue weighted by Crippen LogP contribution is -2.33. The number of benzene rings is 2. The van der Waals surface area contributed by atoms with Crippen LogP contribution in [0.3, 0.4) is 0 Å². The molecule has 1 atom stereocenters. The van der Waals surface area contributed by atoms with E-state index in [0.29, 0.717) is 17.0 Å². The lowest BCUT2D eigenvalue weighted by molar-refractivity contribution is -0.117. The van der Waals surface area contributed by atoms with Crippen LogP contribution in [0.2, 0.25) is 0 Å². The number of nitrogens with one attached hydrogen (secondary N) is 1. The first kappa shape index (κ1) is 20.4. The van der Waals surface area contributed by atoms with Gasteiger partial charge in [-0.25, -0.2) is 0 Å². The standard InChI is InChI=1S/C25H29N3O2/c1-18(20-7-4-3-5-8-20)24(29)26-23-10-6-9-22-21(23)13-16-28(25(22)30)17-19-11-14-27(2)15-12-19/h3-10,13,16,18-19H,11-12,14-15,17H2,1-2H3,(H,26,29). The number of carbonyl (C=O) groups excluding carboxylic acids is 1. The lowest BCUT2D eigenvalue weighted by atomic mass is 9.97. The summed E-state index contributed by atoms with van der Waals surface area (Å²) in [7, 11) is 2.15. The Morgan fingerprint density at radius 3 is 2.50 bits per heavy atom. The number of amides is 1. The van der Waals surface area contributed by atoms with Crippen molar-refractivity contribution in [3.05, 3.63) is 76.7 Å². The zero-order chi connectivity index (χ0) is 21.1. The van der Waals surface area contributed by atoms with Crippen LogP contribution in [0.15, 0.2) is 65.6 Å². The number of nitrogens with zero attached hydrogens (tertiary/aromatic N) is 2. The highest BCUT2D eigenvalue weighted by molar-refractivity contribution is 6.03. The molecule has 1 unspecified atom stereocenters. The molecule has 30 heavy (non-hydrogen) atoms. The van der Waals surface area contributed by atoms with Crippen molar-refractivity contribution in [1.82, 2.24) is 9.47 Å². The maximum absolute atomic E-state index is 13.1. The number of likely N-dealkylation sites (tertiary alicyclic amines) is 1. The minimum atomic E-state index is -0.272. The number of piperidine rings is 1. The number of hydrogen-bond donors (Lipinski definition) is 1. The zero-order valence-electron chi connectivity index (χ0n) is 17.7. The average molecular weight is 404 g/mol. The molecule has 156 valence electrons. The molecule has 0 radical (unpaired) electrons. The van der Waals surface area contributed by atoms with E-state index in [1.807, 2.05) is 72.3 Å². The molecule has 2 aromatic carbocycles. The second-order valence-electron chi connectivity index (χ2n) is 8.41. The highest BCUT2D eigenvalue weighted by atomic mass is 16.2. The van der Waals surface area contributed by atoms with Crippen LogP contribution in [0.25, 0.3) is 10.8 Å². The third-order valence-corrected chi connectivity index (χ3v) is 6.26. The van der Waals surface area contributed by atoms with Crippen molar-refractivity contribution in [2.24, 2.45) is 5.92 Å². The van der Waals surface area contributed by atoms with Crippen LogP contribution in [0.1, 0.15) is 31.2 Å². The van der Waals surface area contributed by atoms with E-state index < -0.39 is 0 Å². The van der Waals surface area contributed by atoms with E-state index >= 15 is 0 Å². The monoisotopic (exact) mass is 403 g/mol. The van der Waals surface area contributed by atoms with Gasteiger partial charge in [0, 0.05) is 29.2 Å². The predicted molar refractivity (Wildman–Crippen MR) is 122 cm³/mol. The van der Waals surface area contributed by atoms with Crippen molar-refractivity contribution in [3.63, 3.8) is 0 Å². The third-order valence-electron chi connectivity index (χ3n) is 6.26. The number of hydrogen-bond acceptors (Lipinski definition) is 3. The molecule has 5 heteroatoms. The summed E-state index contributed by atoms with van der Waals surface area (Å²) in [6.45, 7) is 4.82. The van der Waals surface area contributed by atoms with E-state index in [-0.39, 0.29) is 17.4 Å². The van der Waals surface area contributed by atoms with Gasteiger partial charge in [0.15, 0.2) is 0 Å². The fraction of sp³-hybridized carbons (Fsp3) is 0.360. The van der Waals surface area contributed by atoms with Crippen LogP contribution in [-0.2, 0) is 11.3 Å². The normalized spacial score (nSPS) is 16.5. The number of pyridine rings is 1. The molecule has 3 aromatic rings. The summed E-state index contributed by atoms with van der Waals surface area (Å²) < 4.78 is 1.83. The predicted octanol–water partition coefficient (Wildman–Crippen LogP) is 4.09. The van der Waals surface area contributed by atoms with Crippen molar-refractivity contribution in [2.45, 2.75) is 32.2 Å². The van der Waals surface area contributed by atoms with Gasteiger partial charge in [-0.2, -0.15) is 0 Å². The van der Waals surface area contributed by atoms with Crippen molar-refractivity contribution < 1.29 is 4.79 Å². The number of anilines is 1. The summed E-state index contributed by atoms with van der Waals surface area (Å²) >= 11 is 0. The second kappa shape index (κ2) is 8.84. The van der Waals surface area contributed by atoms with Gasteiger partial charge in [0.25, 0.3) is 5.56 Å². The van der Waals surface area contributed by atoms with Gasteiger partial charge in [-0.15, -0.1) is 0 Å². The van der Waals surface area contributed by atoms with Crippen LogP contribution in [0.4, 0.5) is 5.69 Å². The van der Waals surface area contributed by atoms with E-state index in [2.05, 4.69) is 17.3 Å². The van der Waals surface area contributed by atoms with Gasteiger partial charge in [0.1, 0.15) is 0 Å². The summed E-state index contributed by atoms with van der Waals surface area (Å²) in [6.07, 6.45) is 4.11. The largest absolute Gasteiger partial charge is 0.325 e. The van der Waals surface area contributed by atoms with Crippen LogP contribution < -0.4 is 10.9 Å². The van der Waals surface area contributed by atoms with Crippen LogP contribution in [0.5, 0.6) is 0 Å². The molecular weight excluding hydrogens is 374 g/mol. The first-order valence-corrected chi connectivity index (χ1v) is 10.7. The van der Waals surface area contributed by atoms with Crippen LogP contribution in [-0.4, -0.2) is 35.5 Å². The summed E-state index contributed by atoms with van der Waals surface area (Å²) in [5.74, 6) is 0.182. The smallest absolute Gasteiger partial charge is 0.258 e. The average Bonchev–Trinajstić information content (AvgIpc) is 2.77. The SMILES string of the molecule is CC(C(=O)Nc1cccc2c(=O)n(CC3CCN(C)CC3)ccc12)c1ccccc1. The van der Waals surface area contributed by atoms with E-state index in [4.69, 9.17) is 0 Å². The molecule has 1 amide bonds. The molecule has 5 nitrogen and oxygen atoms in total. The van der Waals surface area contributed by atoms with E-state index in [1.54, 1.807) is 0 Å². The van der Waals surface area contributed by atoms with Gasteiger partial charge in [-0.1, -0.05) is 36.4 Å². The van der Waals surface area contributed by atoms with Gasteiger partial charge in [0.05, 0.1) is 5.92 Å². The molecule has 0 saturated carbocycles. The van der Waals surface area contributed by atoms with E-state index in [0.717, 1.165) is 43.4 Å². The molecular formula is C25H29N3O2. The fourth-order valence-electron chi connectivity index (χ4n) is 4.23. The first-order valence-electron chi connectivity index (χ1n) is 10.7. The van der Waals surface area contributed by atoms with Crippen molar-refractivity contribution in [3.8, 4) is 0 Å². The second-order valence-corrected chi connectivity index (χ2v) is 8.41. The molecule has 0 bridgehead atoms. The maximum Gasteiger partial charge on any atom is 0.258 e. The quantitative estimate of drug-likeness (QED) is 0.698.